The molecular weight excluding hydrogens is 318 g/mol. The molecule has 1 aromatic carbocycles. The molecule has 4 rings (SSSR count). The fourth-order valence-corrected chi connectivity index (χ4v) is 3.05. The van der Waals surface area contributed by atoms with Crippen LogP contribution in [0.1, 0.15) is 12.0 Å². The van der Waals surface area contributed by atoms with Crippen LogP contribution in [-0.4, -0.2) is 62.2 Å². The Morgan fingerprint density at radius 1 is 1.00 bits per heavy atom. The number of carbonyl (C=O) groups excluding carboxylic acids is 1. The molecule has 128 valence electrons. The zero-order chi connectivity index (χ0) is 17.1. The summed E-state index contributed by atoms with van der Waals surface area (Å²) in [6.07, 6.45) is 1.34. The molecule has 0 radical (unpaired) electrons. The second-order valence-electron chi connectivity index (χ2n) is 6.07. The Morgan fingerprint density at radius 2 is 1.80 bits per heavy atom. The molecule has 2 aromatic heterocycles. The average Bonchev–Trinajstić information content (AvgIpc) is 3.15. The highest BCUT2D eigenvalue weighted by Crippen LogP contribution is 2.14. The van der Waals surface area contributed by atoms with Crippen LogP contribution >= 0.6 is 0 Å². The number of piperazine rings is 1. The summed E-state index contributed by atoms with van der Waals surface area (Å²) in [6.45, 7) is 2.95. The number of aromatic nitrogens is 5. The fourth-order valence-electron chi connectivity index (χ4n) is 3.05. The van der Waals surface area contributed by atoms with Crippen molar-refractivity contribution in [1.29, 1.82) is 0 Å². The molecule has 1 fully saturated rings. The lowest BCUT2D eigenvalue weighted by molar-refractivity contribution is -0.131. The summed E-state index contributed by atoms with van der Waals surface area (Å²) in [5.74, 6) is 1.04. The van der Waals surface area contributed by atoms with Gasteiger partial charge in [0, 0.05) is 32.6 Å². The molecule has 1 saturated heterocycles. The summed E-state index contributed by atoms with van der Waals surface area (Å²) in [5.41, 5.74) is 1.83. The first-order valence-corrected chi connectivity index (χ1v) is 8.42. The van der Waals surface area contributed by atoms with E-state index in [0.717, 1.165) is 25.3 Å². The normalized spacial score (nSPS) is 14.9. The molecule has 0 unspecified atom stereocenters. The summed E-state index contributed by atoms with van der Waals surface area (Å²) in [7, 11) is 0. The van der Waals surface area contributed by atoms with Gasteiger partial charge in [-0.15, -0.1) is 14.8 Å². The van der Waals surface area contributed by atoms with Crippen molar-refractivity contribution in [3.63, 3.8) is 0 Å². The minimum Gasteiger partial charge on any atom is -0.352 e. The van der Waals surface area contributed by atoms with Crippen molar-refractivity contribution in [2.75, 3.05) is 31.1 Å². The van der Waals surface area contributed by atoms with E-state index in [0.29, 0.717) is 25.2 Å². The highest BCUT2D eigenvalue weighted by Gasteiger charge is 2.22. The number of fused-ring (bicyclic) bond motifs is 1. The molecule has 8 heteroatoms. The summed E-state index contributed by atoms with van der Waals surface area (Å²) < 4.78 is 1.42. The molecule has 3 heterocycles. The second-order valence-corrected chi connectivity index (χ2v) is 6.07. The molecule has 1 amide bonds. The first kappa shape index (κ1) is 15.5. The van der Waals surface area contributed by atoms with Gasteiger partial charge in [0.2, 0.25) is 5.91 Å². The van der Waals surface area contributed by atoms with Crippen LogP contribution in [0.5, 0.6) is 0 Å². The smallest absolute Gasteiger partial charge is 0.223 e. The lowest BCUT2D eigenvalue weighted by Crippen LogP contribution is -2.49. The zero-order valence-electron chi connectivity index (χ0n) is 13.8. The van der Waals surface area contributed by atoms with Gasteiger partial charge in [-0.1, -0.05) is 30.3 Å². The Hall–Kier alpha value is -3.03. The van der Waals surface area contributed by atoms with Gasteiger partial charge in [-0.2, -0.15) is 0 Å². The zero-order valence-corrected chi connectivity index (χ0v) is 13.8. The maximum atomic E-state index is 12.4. The van der Waals surface area contributed by atoms with E-state index in [2.05, 4.69) is 37.7 Å². The van der Waals surface area contributed by atoms with Crippen molar-refractivity contribution >= 4 is 17.4 Å². The fraction of sp³-hybridized carbons (Fsp3) is 0.353. The third-order valence-corrected chi connectivity index (χ3v) is 4.48. The van der Waals surface area contributed by atoms with Crippen molar-refractivity contribution in [1.82, 2.24) is 30.2 Å². The van der Waals surface area contributed by atoms with Crippen molar-refractivity contribution < 1.29 is 4.79 Å². The van der Waals surface area contributed by atoms with Crippen LogP contribution in [0, 0.1) is 0 Å². The summed E-state index contributed by atoms with van der Waals surface area (Å²) >= 11 is 0. The number of hydrogen-bond acceptors (Lipinski definition) is 6. The SMILES string of the molecule is O=C(CCc1ccccc1)N1CCN(c2ccc3nnnn3n2)CC1. The first-order chi connectivity index (χ1) is 12.3. The van der Waals surface area contributed by atoms with Crippen LogP contribution in [0.4, 0.5) is 5.82 Å². The van der Waals surface area contributed by atoms with Crippen molar-refractivity contribution in [3.8, 4) is 0 Å². The van der Waals surface area contributed by atoms with E-state index >= 15 is 0 Å². The number of anilines is 1. The maximum absolute atomic E-state index is 12.4. The van der Waals surface area contributed by atoms with Crippen LogP contribution in [0.25, 0.3) is 5.65 Å². The standard InChI is InChI=1S/C17H19N7O/c25-17(9-6-14-4-2-1-3-5-14)23-12-10-22(11-13-23)16-8-7-15-18-20-21-24(15)19-16/h1-5,7-8H,6,9-13H2. The van der Waals surface area contributed by atoms with Crippen molar-refractivity contribution in [2.45, 2.75) is 12.8 Å². The molecular formula is C17H19N7O. The number of rotatable bonds is 4. The van der Waals surface area contributed by atoms with E-state index < -0.39 is 0 Å². The van der Waals surface area contributed by atoms with Gasteiger partial charge in [0.15, 0.2) is 11.5 Å². The van der Waals surface area contributed by atoms with Gasteiger partial charge in [0.25, 0.3) is 0 Å². The van der Waals surface area contributed by atoms with Crippen LogP contribution in [0.3, 0.4) is 0 Å². The molecule has 0 N–H and O–H groups in total. The molecule has 1 aliphatic heterocycles. The van der Waals surface area contributed by atoms with E-state index in [1.54, 1.807) is 0 Å². The highest BCUT2D eigenvalue weighted by atomic mass is 16.2. The molecule has 0 spiro atoms. The summed E-state index contributed by atoms with van der Waals surface area (Å²) in [6, 6.07) is 13.9. The van der Waals surface area contributed by atoms with Gasteiger partial charge in [-0.05, 0) is 34.5 Å². The number of tetrazole rings is 1. The molecule has 3 aromatic rings. The molecule has 1 aliphatic rings. The molecule has 0 saturated carbocycles. The maximum Gasteiger partial charge on any atom is 0.223 e. The van der Waals surface area contributed by atoms with E-state index in [-0.39, 0.29) is 5.91 Å². The van der Waals surface area contributed by atoms with E-state index in [1.807, 2.05) is 35.2 Å². The topological polar surface area (TPSA) is 79.5 Å². The number of carbonyl (C=O) groups is 1. The second kappa shape index (κ2) is 6.84. The number of amides is 1. The lowest BCUT2D eigenvalue weighted by atomic mass is 10.1. The van der Waals surface area contributed by atoms with Crippen LogP contribution in [-0.2, 0) is 11.2 Å². The Morgan fingerprint density at radius 3 is 2.60 bits per heavy atom. The van der Waals surface area contributed by atoms with Gasteiger partial charge in [0.05, 0.1) is 0 Å². The minimum absolute atomic E-state index is 0.215. The minimum atomic E-state index is 0.215. The van der Waals surface area contributed by atoms with Crippen LogP contribution in [0.2, 0.25) is 0 Å². The van der Waals surface area contributed by atoms with Gasteiger partial charge >= 0.3 is 0 Å². The van der Waals surface area contributed by atoms with Gasteiger partial charge in [-0.25, -0.2) is 0 Å². The van der Waals surface area contributed by atoms with Crippen LogP contribution < -0.4 is 4.90 Å². The summed E-state index contributed by atoms with van der Waals surface area (Å²) in [5, 5.41) is 15.7. The molecule has 0 atom stereocenters. The Balaban J connectivity index is 1.32. The van der Waals surface area contributed by atoms with E-state index in [9.17, 15) is 4.79 Å². The quantitative estimate of drug-likeness (QED) is 0.701. The van der Waals surface area contributed by atoms with Gasteiger partial charge in [-0.3, -0.25) is 4.79 Å². The van der Waals surface area contributed by atoms with Crippen molar-refractivity contribution in [2.24, 2.45) is 0 Å². The van der Waals surface area contributed by atoms with Gasteiger partial charge in [0.1, 0.15) is 0 Å². The molecule has 0 aliphatic carbocycles. The number of benzene rings is 1. The van der Waals surface area contributed by atoms with Crippen LogP contribution in [0.15, 0.2) is 42.5 Å². The van der Waals surface area contributed by atoms with Crippen molar-refractivity contribution in [3.05, 3.63) is 48.0 Å². The molecule has 25 heavy (non-hydrogen) atoms. The molecule has 0 bridgehead atoms. The van der Waals surface area contributed by atoms with E-state index in [1.165, 1.54) is 10.2 Å². The lowest BCUT2D eigenvalue weighted by Gasteiger charge is -2.35. The van der Waals surface area contributed by atoms with E-state index in [4.69, 9.17) is 0 Å². The number of aryl methyl sites for hydroxylation is 1. The largest absolute Gasteiger partial charge is 0.352 e. The third kappa shape index (κ3) is 3.42. The Labute approximate surface area is 145 Å². The Bertz CT molecular complexity index is 856. The average molecular weight is 337 g/mol. The first-order valence-electron chi connectivity index (χ1n) is 8.42. The monoisotopic (exact) mass is 337 g/mol. The predicted octanol–water partition coefficient (Wildman–Crippen LogP) is 0.801. The molecule has 8 nitrogen and oxygen atoms in total. The number of nitrogens with zero attached hydrogens (tertiary/aromatic N) is 7. The van der Waals surface area contributed by atoms with Gasteiger partial charge < -0.3 is 9.80 Å². The third-order valence-electron chi connectivity index (χ3n) is 4.48. The highest BCUT2D eigenvalue weighted by molar-refractivity contribution is 5.76. The summed E-state index contributed by atoms with van der Waals surface area (Å²) in [4.78, 5) is 16.5. The predicted molar refractivity (Wildman–Crippen MR) is 92.1 cm³/mol. The Kier molecular flexibility index (Phi) is 4.24. The number of hydrogen-bond donors (Lipinski definition) is 0.